The van der Waals surface area contributed by atoms with Gasteiger partial charge in [0.2, 0.25) is 5.91 Å². The van der Waals surface area contributed by atoms with Crippen LogP contribution in [0.4, 0.5) is 24.5 Å². The first-order chi connectivity index (χ1) is 11.2. The third-order valence-corrected chi connectivity index (χ3v) is 3.22. The average molecular weight is 357 g/mol. The van der Waals surface area contributed by atoms with Gasteiger partial charge >= 0.3 is 6.18 Å². The number of alkyl halides is 3. The molecule has 2 N–H and O–H groups in total. The van der Waals surface area contributed by atoms with Gasteiger partial charge in [-0.1, -0.05) is 17.7 Å². The summed E-state index contributed by atoms with van der Waals surface area (Å²) in [6.07, 6.45) is -4.66. The zero-order valence-electron chi connectivity index (χ0n) is 12.4. The Labute approximate surface area is 140 Å². The predicted molar refractivity (Wildman–Crippen MR) is 85.2 cm³/mol. The summed E-state index contributed by atoms with van der Waals surface area (Å²) in [5.41, 5.74) is -0.977. The molecule has 0 fully saturated rings. The molecule has 0 heterocycles. The maximum Gasteiger partial charge on any atom is 0.418 e. The second-order valence-corrected chi connectivity index (χ2v) is 5.34. The summed E-state index contributed by atoms with van der Waals surface area (Å²) in [6.45, 7) is 1.30. The van der Waals surface area contributed by atoms with Gasteiger partial charge in [0.05, 0.1) is 11.3 Å². The highest BCUT2D eigenvalue weighted by molar-refractivity contribution is 6.30. The van der Waals surface area contributed by atoms with E-state index in [1.807, 2.05) is 0 Å². The molecule has 0 spiro atoms. The first-order valence-corrected chi connectivity index (χ1v) is 7.10. The monoisotopic (exact) mass is 356 g/mol. The van der Waals surface area contributed by atoms with Crippen LogP contribution in [0, 0.1) is 0 Å². The molecule has 0 atom stereocenters. The number of rotatable bonds is 3. The molecule has 0 saturated heterocycles. The molecular formula is C16H12ClF3N2O2. The topological polar surface area (TPSA) is 58.2 Å². The fourth-order valence-corrected chi connectivity index (χ4v) is 2.17. The first kappa shape index (κ1) is 17.8. The fraction of sp³-hybridized carbons (Fsp3) is 0.125. The molecule has 4 nitrogen and oxygen atoms in total. The van der Waals surface area contributed by atoms with E-state index in [-0.39, 0.29) is 16.5 Å². The smallest absolute Gasteiger partial charge is 0.326 e. The lowest BCUT2D eigenvalue weighted by Gasteiger charge is -2.14. The summed E-state index contributed by atoms with van der Waals surface area (Å²) in [5, 5.41) is 4.61. The minimum atomic E-state index is -4.66. The molecule has 0 aliphatic carbocycles. The molecule has 2 amide bonds. The van der Waals surface area contributed by atoms with Gasteiger partial charge in [0, 0.05) is 23.2 Å². The van der Waals surface area contributed by atoms with Crippen molar-refractivity contribution in [2.75, 3.05) is 10.6 Å². The van der Waals surface area contributed by atoms with Crippen molar-refractivity contribution in [1.82, 2.24) is 0 Å². The van der Waals surface area contributed by atoms with Crippen LogP contribution in [-0.4, -0.2) is 11.8 Å². The zero-order valence-corrected chi connectivity index (χ0v) is 13.1. The average Bonchev–Trinajstić information content (AvgIpc) is 2.47. The predicted octanol–water partition coefficient (Wildman–Crippen LogP) is 4.57. The third-order valence-electron chi connectivity index (χ3n) is 2.98. The summed E-state index contributed by atoms with van der Waals surface area (Å²) in [7, 11) is 0. The molecule has 0 bridgehead atoms. The third kappa shape index (κ3) is 4.48. The molecular weight excluding hydrogens is 345 g/mol. The molecule has 126 valence electrons. The quantitative estimate of drug-likeness (QED) is 0.846. The highest BCUT2D eigenvalue weighted by Crippen LogP contribution is 2.36. The summed E-state index contributed by atoms with van der Waals surface area (Å²) < 4.78 is 39.1. The van der Waals surface area contributed by atoms with Gasteiger partial charge in [0.15, 0.2) is 0 Å². The molecule has 2 aromatic carbocycles. The molecule has 2 rings (SSSR count). The van der Waals surface area contributed by atoms with Crippen molar-refractivity contribution in [2.24, 2.45) is 0 Å². The standard InChI is InChI=1S/C16H12ClF3N2O2/c1-9(23)21-12-4-2-3-10(7-12)15(24)22-14-6-5-11(17)8-13(14)16(18,19)20/h2-8H,1H3,(H,21,23)(H,22,24). The van der Waals surface area contributed by atoms with E-state index >= 15 is 0 Å². The number of benzene rings is 2. The van der Waals surface area contributed by atoms with E-state index in [9.17, 15) is 22.8 Å². The van der Waals surface area contributed by atoms with Crippen LogP contribution >= 0.6 is 11.6 Å². The Bertz CT molecular complexity index is 791. The van der Waals surface area contributed by atoms with Gasteiger partial charge in [0.25, 0.3) is 5.91 Å². The van der Waals surface area contributed by atoms with E-state index in [2.05, 4.69) is 10.6 Å². The lowest BCUT2D eigenvalue weighted by atomic mass is 10.1. The number of amides is 2. The SMILES string of the molecule is CC(=O)Nc1cccc(C(=O)Nc2ccc(Cl)cc2C(F)(F)F)c1. The van der Waals surface area contributed by atoms with Crippen LogP contribution in [0.2, 0.25) is 5.02 Å². The van der Waals surface area contributed by atoms with E-state index in [0.717, 1.165) is 12.1 Å². The molecule has 0 radical (unpaired) electrons. The van der Waals surface area contributed by atoms with Gasteiger partial charge in [-0.3, -0.25) is 9.59 Å². The van der Waals surface area contributed by atoms with E-state index in [1.165, 1.54) is 31.2 Å². The largest absolute Gasteiger partial charge is 0.418 e. The minimum absolute atomic E-state index is 0.0898. The van der Waals surface area contributed by atoms with Gasteiger partial charge < -0.3 is 10.6 Å². The van der Waals surface area contributed by atoms with E-state index in [0.29, 0.717) is 5.69 Å². The number of carbonyl (C=O) groups is 2. The Balaban J connectivity index is 2.29. The molecule has 24 heavy (non-hydrogen) atoms. The van der Waals surface area contributed by atoms with Crippen LogP contribution in [0.5, 0.6) is 0 Å². The second-order valence-electron chi connectivity index (χ2n) is 4.90. The second kappa shape index (κ2) is 6.92. The minimum Gasteiger partial charge on any atom is -0.326 e. The van der Waals surface area contributed by atoms with Crippen LogP contribution in [0.15, 0.2) is 42.5 Å². The Morgan fingerprint density at radius 3 is 2.38 bits per heavy atom. The van der Waals surface area contributed by atoms with Gasteiger partial charge in [-0.25, -0.2) is 0 Å². The molecule has 0 aromatic heterocycles. The number of halogens is 4. The summed E-state index contributed by atoms with van der Waals surface area (Å²) in [6, 6.07) is 8.92. The van der Waals surface area contributed by atoms with Crippen molar-refractivity contribution < 1.29 is 22.8 Å². The molecule has 8 heteroatoms. The number of anilines is 2. The molecule has 0 unspecified atom stereocenters. The maximum absolute atomic E-state index is 13.0. The van der Waals surface area contributed by atoms with E-state index in [4.69, 9.17) is 11.6 Å². The summed E-state index contributed by atoms with van der Waals surface area (Å²) >= 11 is 5.59. The Morgan fingerprint density at radius 2 is 1.75 bits per heavy atom. The van der Waals surface area contributed by atoms with Crippen molar-refractivity contribution in [3.8, 4) is 0 Å². The van der Waals surface area contributed by atoms with Gasteiger partial charge in [-0.15, -0.1) is 0 Å². The molecule has 0 saturated carbocycles. The van der Waals surface area contributed by atoms with E-state index < -0.39 is 23.3 Å². The highest BCUT2D eigenvalue weighted by atomic mass is 35.5. The van der Waals surface area contributed by atoms with Crippen LogP contribution < -0.4 is 10.6 Å². The van der Waals surface area contributed by atoms with Gasteiger partial charge in [-0.2, -0.15) is 13.2 Å². The van der Waals surface area contributed by atoms with Gasteiger partial charge in [-0.05, 0) is 36.4 Å². The van der Waals surface area contributed by atoms with E-state index in [1.54, 1.807) is 6.07 Å². The molecule has 2 aromatic rings. The Morgan fingerprint density at radius 1 is 1.04 bits per heavy atom. The van der Waals surface area contributed by atoms with Crippen LogP contribution in [0.25, 0.3) is 0 Å². The fourth-order valence-electron chi connectivity index (χ4n) is 2.00. The highest BCUT2D eigenvalue weighted by Gasteiger charge is 2.34. The number of hydrogen-bond donors (Lipinski definition) is 2. The van der Waals surface area contributed by atoms with Crippen molar-refractivity contribution in [1.29, 1.82) is 0 Å². The lowest BCUT2D eigenvalue weighted by molar-refractivity contribution is -0.136. The number of nitrogens with one attached hydrogen (secondary N) is 2. The van der Waals surface area contributed by atoms with Crippen LogP contribution in [0.3, 0.4) is 0 Å². The zero-order chi connectivity index (χ0) is 17.9. The molecule has 0 aliphatic heterocycles. The normalized spacial score (nSPS) is 11.0. The summed E-state index contributed by atoms with van der Waals surface area (Å²) in [4.78, 5) is 23.2. The maximum atomic E-state index is 13.0. The number of carbonyl (C=O) groups excluding carboxylic acids is 2. The van der Waals surface area contributed by atoms with Crippen molar-refractivity contribution >= 4 is 34.8 Å². The van der Waals surface area contributed by atoms with Crippen molar-refractivity contribution in [3.63, 3.8) is 0 Å². The van der Waals surface area contributed by atoms with Crippen molar-refractivity contribution in [2.45, 2.75) is 13.1 Å². The van der Waals surface area contributed by atoms with Crippen LogP contribution in [-0.2, 0) is 11.0 Å². The summed E-state index contributed by atoms with van der Waals surface area (Å²) in [5.74, 6) is -1.07. The van der Waals surface area contributed by atoms with Gasteiger partial charge in [0.1, 0.15) is 0 Å². The Kier molecular flexibility index (Phi) is 5.14. The Hall–Kier alpha value is -2.54. The molecule has 0 aliphatic rings. The van der Waals surface area contributed by atoms with Crippen molar-refractivity contribution in [3.05, 3.63) is 58.6 Å². The van der Waals surface area contributed by atoms with Crippen LogP contribution in [0.1, 0.15) is 22.8 Å². The first-order valence-electron chi connectivity index (χ1n) is 6.72. The lowest BCUT2D eigenvalue weighted by Crippen LogP contribution is -2.17. The number of hydrogen-bond acceptors (Lipinski definition) is 2.